The number of aryl methyl sites for hydroxylation is 1. The van der Waals surface area contributed by atoms with Crippen LogP contribution in [-0.4, -0.2) is 23.9 Å². The number of nitrogens with one attached hydrogen (secondary N) is 1. The van der Waals surface area contributed by atoms with Crippen LogP contribution in [0.4, 0.5) is 14.5 Å². The van der Waals surface area contributed by atoms with Gasteiger partial charge < -0.3 is 5.32 Å². The van der Waals surface area contributed by atoms with Crippen LogP contribution in [0, 0.1) is 18.6 Å². The van der Waals surface area contributed by atoms with Crippen LogP contribution in [0.15, 0.2) is 12.1 Å². The lowest BCUT2D eigenvalue weighted by atomic mass is 9.88. The highest BCUT2D eigenvalue weighted by Crippen LogP contribution is 2.29. The number of hydrogen-bond donors (Lipinski definition) is 1. The van der Waals surface area contributed by atoms with Crippen LogP contribution < -0.4 is 10.2 Å². The first kappa shape index (κ1) is 15.4. The third kappa shape index (κ3) is 2.50. The first-order valence-electron chi connectivity index (χ1n) is 6.93. The van der Waals surface area contributed by atoms with Gasteiger partial charge in [-0.1, -0.05) is 13.8 Å². The zero-order chi connectivity index (χ0) is 15.8. The van der Waals surface area contributed by atoms with Crippen LogP contribution in [0.25, 0.3) is 0 Å². The Balaban J connectivity index is 2.50. The molecule has 0 bridgehead atoms. The summed E-state index contributed by atoms with van der Waals surface area (Å²) in [6.45, 7) is 4.68. The second-order valence-electron chi connectivity index (χ2n) is 5.28. The molecule has 2 rings (SSSR count). The van der Waals surface area contributed by atoms with Gasteiger partial charge in [-0.2, -0.15) is 0 Å². The van der Waals surface area contributed by atoms with Crippen LogP contribution in [0.5, 0.6) is 0 Å². The number of halogens is 2. The Hall–Kier alpha value is -1.98. The maximum Gasteiger partial charge on any atom is 0.253 e. The highest BCUT2D eigenvalue weighted by Gasteiger charge is 2.45. The van der Waals surface area contributed by atoms with E-state index in [1.165, 1.54) is 6.92 Å². The third-order valence-electron chi connectivity index (χ3n) is 4.06. The van der Waals surface area contributed by atoms with Crippen LogP contribution in [-0.2, 0) is 9.59 Å². The Bertz CT molecular complexity index is 598. The number of anilines is 1. The molecule has 1 aliphatic rings. The summed E-state index contributed by atoms with van der Waals surface area (Å²) in [5.41, 5.74) is -1.09. The smallest absolute Gasteiger partial charge is 0.253 e. The van der Waals surface area contributed by atoms with Crippen molar-refractivity contribution < 1.29 is 18.4 Å². The van der Waals surface area contributed by atoms with E-state index < -0.39 is 23.1 Å². The van der Waals surface area contributed by atoms with E-state index in [9.17, 15) is 18.4 Å². The lowest BCUT2D eigenvalue weighted by molar-refractivity contribution is -0.136. The minimum atomic E-state index is -1.05. The second-order valence-corrected chi connectivity index (χ2v) is 5.28. The van der Waals surface area contributed by atoms with Crippen molar-refractivity contribution in [3.05, 3.63) is 29.3 Å². The van der Waals surface area contributed by atoms with E-state index in [4.69, 9.17) is 0 Å². The fourth-order valence-corrected chi connectivity index (χ4v) is 2.60. The quantitative estimate of drug-likeness (QED) is 0.930. The van der Waals surface area contributed by atoms with Crippen molar-refractivity contribution in [3.63, 3.8) is 0 Å². The van der Waals surface area contributed by atoms with Gasteiger partial charge in [-0.25, -0.2) is 8.78 Å². The summed E-state index contributed by atoms with van der Waals surface area (Å²) >= 11 is 0. The molecule has 0 atom stereocenters. The predicted molar refractivity (Wildman–Crippen MR) is 74.9 cm³/mol. The number of carbonyl (C=O) groups is 2. The Labute approximate surface area is 122 Å². The second kappa shape index (κ2) is 5.42. The first-order valence-corrected chi connectivity index (χ1v) is 6.93. The van der Waals surface area contributed by atoms with Gasteiger partial charge in [0.2, 0.25) is 5.91 Å². The molecular weight excluding hydrogens is 278 g/mol. The Morgan fingerprint density at radius 2 is 1.81 bits per heavy atom. The minimum absolute atomic E-state index is 0.155. The summed E-state index contributed by atoms with van der Waals surface area (Å²) in [7, 11) is 0. The maximum absolute atomic E-state index is 14.1. The van der Waals surface area contributed by atoms with Crippen molar-refractivity contribution in [1.82, 2.24) is 5.32 Å². The molecule has 0 saturated carbocycles. The molecule has 1 N–H and O–H groups in total. The molecule has 6 heteroatoms. The van der Waals surface area contributed by atoms with Crippen LogP contribution >= 0.6 is 0 Å². The molecule has 1 aliphatic heterocycles. The SMILES string of the molecule is CCC1(CC)NC(=O)CN(c2cc(F)c(C)cc2F)C1=O. The van der Waals surface area contributed by atoms with Gasteiger partial charge in [-0.15, -0.1) is 0 Å². The van der Waals surface area contributed by atoms with Crippen molar-refractivity contribution in [2.24, 2.45) is 0 Å². The van der Waals surface area contributed by atoms with Crippen molar-refractivity contribution in [2.45, 2.75) is 39.2 Å². The normalized spacial score (nSPS) is 17.9. The Morgan fingerprint density at radius 3 is 2.38 bits per heavy atom. The number of rotatable bonds is 3. The number of hydrogen-bond acceptors (Lipinski definition) is 2. The molecule has 0 unspecified atom stereocenters. The van der Waals surface area contributed by atoms with Crippen molar-refractivity contribution in [1.29, 1.82) is 0 Å². The summed E-state index contributed by atoms with van der Waals surface area (Å²) < 4.78 is 27.8. The molecular formula is C15H18F2N2O2. The summed E-state index contributed by atoms with van der Waals surface area (Å²) in [6.07, 6.45) is 0.779. The summed E-state index contributed by atoms with van der Waals surface area (Å²) in [4.78, 5) is 25.5. The molecule has 0 aromatic heterocycles. The largest absolute Gasteiger partial charge is 0.340 e. The molecule has 1 aromatic carbocycles. The molecule has 114 valence electrons. The van der Waals surface area contributed by atoms with E-state index in [2.05, 4.69) is 5.32 Å². The van der Waals surface area contributed by atoms with Gasteiger partial charge in [-0.3, -0.25) is 14.5 Å². The zero-order valence-corrected chi connectivity index (χ0v) is 12.3. The molecule has 2 amide bonds. The van der Waals surface area contributed by atoms with Crippen LogP contribution in [0.1, 0.15) is 32.3 Å². The van der Waals surface area contributed by atoms with Gasteiger partial charge in [0.1, 0.15) is 23.7 Å². The van der Waals surface area contributed by atoms with E-state index >= 15 is 0 Å². The Kier molecular flexibility index (Phi) is 3.98. The molecule has 0 spiro atoms. The third-order valence-corrected chi connectivity index (χ3v) is 4.06. The first-order chi connectivity index (χ1) is 9.84. The van der Waals surface area contributed by atoms with E-state index in [1.807, 2.05) is 0 Å². The fourth-order valence-electron chi connectivity index (χ4n) is 2.60. The highest BCUT2D eigenvalue weighted by atomic mass is 19.1. The molecule has 1 fully saturated rings. The number of carbonyl (C=O) groups excluding carboxylic acids is 2. The zero-order valence-electron chi connectivity index (χ0n) is 12.3. The van der Waals surface area contributed by atoms with Gasteiger partial charge in [-0.05, 0) is 31.4 Å². The van der Waals surface area contributed by atoms with E-state index in [1.54, 1.807) is 13.8 Å². The Morgan fingerprint density at radius 1 is 1.19 bits per heavy atom. The predicted octanol–water partition coefficient (Wildman–Crippen LogP) is 2.29. The molecule has 1 aromatic rings. The fraction of sp³-hybridized carbons (Fsp3) is 0.467. The summed E-state index contributed by atoms with van der Waals surface area (Å²) in [5.74, 6) is -2.10. The van der Waals surface area contributed by atoms with Crippen LogP contribution in [0.2, 0.25) is 0 Å². The molecule has 1 heterocycles. The number of amides is 2. The van der Waals surface area contributed by atoms with Gasteiger partial charge in [0, 0.05) is 6.07 Å². The number of piperazine rings is 1. The van der Waals surface area contributed by atoms with Crippen LogP contribution in [0.3, 0.4) is 0 Å². The molecule has 1 saturated heterocycles. The average molecular weight is 296 g/mol. The summed E-state index contributed by atoms with van der Waals surface area (Å²) in [6, 6.07) is 2.00. The minimum Gasteiger partial charge on any atom is -0.340 e. The highest BCUT2D eigenvalue weighted by molar-refractivity contribution is 6.09. The molecule has 4 nitrogen and oxygen atoms in total. The average Bonchev–Trinajstić information content (AvgIpc) is 2.45. The lowest BCUT2D eigenvalue weighted by Crippen LogP contribution is -2.66. The van der Waals surface area contributed by atoms with Gasteiger partial charge in [0.05, 0.1) is 5.69 Å². The molecule has 0 radical (unpaired) electrons. The van der Waals surface area contributed by atoms with Gasteiger partial charge in [0.15, 0.2) is 0 Å². The lowest BCUT2D eigenvalue weighted by Gasteiger charge is -2.41. The van der Waals surface area contributed by atoms with E-state index in [0.29, 0.717) is 12.8 Å². The number of nitrogens with zero attached hydrogens (tertiary/aromatic N) is 1. The standard InChI is InChI=1S/C15H18F2N2O2/c1-4-15(5-2)14(21)19(8-13(20)18-15)12-7-10(16)9(3)6-11(12)17/h6-7H,4-5,8H2,1-3H3,(H,18,20). The van der Waals surface area contributed by atoms with Crippen molar-refractivity contribution in [3.8, 4) is 0 Å². The molecule has 21 heavy (non-hydrogen) atoms. The summed E-state index contributed by atoms with van der Waals surface area (Å²) in [5, 5.41) is 2.68. The van der Waals surface area contributed by atoms with E-state index in [0.717, 1.165) is 17.0 Å². The number of benzene rings is 1. The van der Waals surface area contributed by atoms with Crippen molar-refractivity contribution >= 4 is 17.5 Å². The van der Waals surface area contributed by atoms with E-state index in [-0.39, 0.29) is 23.7 Å². The van der Waals surface area contributed by atoms with Gasteiger partial charge >= 0.3 is 0 Å². The maximum atomic E-state index is 14.1. The topological polar surface area (TPSA) is 49.4 Å². The monoisotopic (exact) mass is 296 g/mol. The van der Waals surface area contributed by atoms with Crippen molar-refractivity contribution in [2.75, 3.05) is 11.4 Å². The molecule has 0 aliphatic carbocycles. The van der Waals surface area contributed by atoms with Gasteiger partial charge in [0.25, 0.3) is 5.91 Å².